The van der Waals surface area contributed by atoms with E-state index in [2.05, 4.69) is 10.2 Å². The number of benzene rings is 2. The fourth-order valence-corrected chi connectivity index (χ4v) is 3.86. The van der Waals surface area contributed by atoms with Crippen LogP contribution in [-0.2, 0) is 6.54 Å². The number of nitrogens with zero attached hydrogens (tertiary/aromatic N) is 3. The minimum absolute atomic E-state index is 0.0937. The number of ketones is 1. The van der Waals surface area contributed by atoms with Gasteiger partial charge in [0.05, 0.1) is 18.1 Å². The zero-order valence-corrected chi connectivity index (χ0v) is 16.5. The molecule has 0 radical (unpaired) electrons. The first-order valence-electron chi connectivity index (χ1n) is 9.09. The van der Waals surface area contributed by atoms with E-state index in [9.17, 15) is 9.18 Å². The second-order valence-corrected chi connectivity index (χ2v) is 7.78. The van der Waals surface area contributed by atoms with E-state index < -0.39 is 5.25 Å². The molecule has 0 unspecified atom stereocenters. The van der Waals surface area contributed by atoms with E-state index in [1.54, 1.807) is 6.26 Å². The zero-order chi connectivity index (χ0) is 20.2. The van der Waals surface area contributed by atoms with Crippen molar-refractivity contribution in [2.75, 3.05) is 0 Å². The smallest absolute Gasteiger partial charge is 0.192 e. The Labute approximate surface area is 171 Å². The van der Waals surface area contributed by atoms with Crippen molar-refractivity contribution in [3.63, 3.8) is 0 Å². The first kappa shape index (κ1) is 19.1. The molecular weight excluding hydrogens is 389 g/mol. The molecule has 4 aromatic rings. The summed E-state index contributed by atoms with van der Waals surface area (Å²) < 4.78 is 20.6. The summed E-state index contributed by atoms with van der Waals surface area (Å²) in [5, 5.41) is 8.88. The summed E-state index contributed by atoms with van der Waals surface area (Å²) in [6.45, 7) is 2.26. The number of carbonyl (C=O) groups is 1. The molecule has 0 fully saturated rings. The molecule has 2 aromatic carbocycles. The SMILES string of the molecule is C[C@@H](Sc1nnc(-c2ccccc2)n1Cc1ccco1)C(=O)c1ccc(F)cc1. The van der Waals surface area contributed by atoms with Gasteiger partial charge in [-0.1, -0.05) is 42.1 Å². The summed E-state index contributed by atoms with van der Waals surface area (Å²) in [6.07, 6.45) is 1.62. The Morgan fingerprint density at radius 1 is 1.07 bits per heavy atom. The zero-order valence-electron chi connectivity index (χ0n) is 15.7. The van der Waals surface area contributed by atoms with E-state index in [1.165, 1.54) is 36.0 Å². The van der Waals surface area contributed by atoms with E-state index in [0.717, 1.165) is 11.3 Å². The van der Waals surface area contributed by atoms with Gasteiger partial charge < -0.3 is 4.42 Å². The number of furan rings is 1. The lowest BCUT2D eigenvalue weighted by molar-refractivity contribution is 0.0994. The number of carbonyl (C=O) groups excluding carboxylic acids is 1. The van der Waals surface area contributed by atoms with Gasteiger partial charge in [-0.3, -0.25) is 9.36 Å². The first-order valence-corrected chi connectivity index (χ1v) is 9.97. The number of Topliss-reactive ketones (excluding diaryl/α,β-unsaturated/α-hetero) is 1. The van der Waals surface area contributed by atoms with Crippen LogP contribution in [0.1, 0.15) is 23.0 Å². The van der Waals surface area contributed by atoms with Crippen molar-refractivity contribution >= 4 is 17.5 Å². The molecule has 2 heterocycles. The number of thioether (sulfide) groups is 1. The first-order chi connectivity index (χ1) is 14.1. The Kier molecular flexibility index (Phi) is 5.57. The van der Waals surface area contributed by atoms with Gasteiger partial charge in [0.25, 0.3) is 0 Å². The van der Waals surface area contributed by atoms with Gasteiger partial charge in [0, 0.05) is 11.1 Å². The molecule has 1 atom stereocenters. The van der Waals surface area contributed by atoms with Crippen LogP contribution >= 0.6 is 11.8 Å². The molecule has 0 aliphatic rings. The molecule has 0 amide bonds. The van der Waals surface area contributed by atoms with Gasteiger partial charge >= 0.3 is 0 Å². The van der Waals surface area contributed by atoms with Crippen molar-refractivity contribution in [2.24, 2.45) is 0 Å². The third kappa shape index (κ3) is 4.30. The minimum Gasteiger partial charge on any atom is -0.467 e. The van der Waals surface area contributed by atoms with Crippen LogP contribution < -0.4 is 0 Å². The molecule has 146 valence electrons. The van der Waals surface area contributed by atoms with Crippen molar-refractivity contribution in [1.82, 2.24) is 14.8 Å². The maximum Gasteiger partial charge on any atom is 0.192 e. The topological polar surface area (TPSA) is 60.9 Å². The minimum atomic E-state index is -0.413. The molecule has 0 saturated heterocycles. The van der Waals surface area contributed by atoms with Crippen LogP contribution in [0.25, 0.3) is 11.4 Å². The molecule has 0 spiro atoms. The average molecular weight is 407 g/mol. The lowest BCUT2D eigenvalue weighted by Crippen LogP contribution is -2.15. The fraction of sp³-hybridized carbons (Fsp3) is 0.136. The Morgan fingerprint density at radius 3 is 2.52 bits per heavy atom. The quantitative estimate of drug-likeness (QED) is 0.315. The lowest BCUT2D eigenvalue weighted by atomic mass is 10.1. The Bertz CT molecular complexity index is 1090. The molecule has 0 aliphatic carbocycles. The third-order valence-corrected chi connectivity index (χ3v) is 5.50. The molecule has 7 heteroatoms. The predicted octanol–water partition coefficient (Wildman–Crippen LogP) is 5.09. The molecule has 0 saturated carbocycles. The maximum absolute atomic E-state index is 13.1. The number of halogens is 1. The van der Waals surface area contributed by atoms with E-state index in [4.69, 9.17) is 4.42 Å². The number of hydrogen-bond donors (Lipinski definition) is 0. The normalized spacial score (nSPS) is 12.1. The van der Waals surface area contributed by atoms with E-state index in [-0.39, 0.29) is 11.6 Å². The molecule has 4 rings (SSSR count). The highest BCUT2D eigenvalue weighted by Gasteiger charge is 2.22. The molecule has 2 aromatic heterocycles. The second kappa shape index (κ2) is 8.45. The predicted molar refractivity (Wildman–Crippen MR) is 109 cm³/mol. The van der Waals surface area contributed by atoms with Gasteiger partial charge in [-0.15, -0.1) is 10.2 Å². The molecule has 0 aliphatic heterocycles. The monoisotopic (exact) mass is 407 g/mol. The number of rotatable bonds is 7. The largest absolute Gasteiger partial charge is 0.467 e. The van der Waals surface area contributed by atoms with Gasteiger partial charge in [0.1, 0.15) is 11.6 Å². The van der Waals surface area contributed by atoms with Crippen LogP contribution in [0.5, 0.6) is 0 Å². The highest BCUT2D eigenvalue weighted by molar-refractivity contribution is 8.00. The summed E-state index contributed by atoms with van der Waals surface area (Å²) in [6, 6.07) is 19.0. The van der Waals surface area contributed by atoms with Gasteiger partial charge in [0.2, 0.25) is 0 Å². The Hall–Kier alpha value is -3.19. The van der Waals surface area contributed by atoms with Gasteiger partial charge in [-0.25, -0.2) is 4.39 Å². The summed E-state index contributed by atoms with van der Waals surface area (Å²) in [5.41, 5.74) is 1.39. The number of hydrogen-bond acceptors (Lipinski definition) is 5. The maximum atomic E-state index is 13.1. The van der Waals surface area contributed by atoms with E-state index >= 15 is 0 Å². The Morgan fingerprint density at radius 2 is 1.83 bits per heavy atom. The third-order valence-electron chi connectivity index (χ3n) is 4.42. The van der Waals surface area contributed by atoms with E-state index in [1.807, 2.05) is 54.0 Å². The second-order valence-electron chi connectivity index (χ2n) is 6.47. The molecule has 29 heavy (non-hydrogen) atoms. The van der Waals surface area contributed by atoms with Gasteiger partial charge in [0.15, 0.2) is 16.8 Å². The summed E-state index contributed by atoms with van der Waals surface area (Å²) >= 11 is 1.32. The summed E-state index contributed by atoms with van der Waals surface area (Å²) in [4.78, 5) is 12.7. The molecular formula is C22H18FN3O2S. The van der Waals surface area contributed by atoms with Crippen LogP contribution in [0.3, 0.4) is 0 Å². The highest BCUT2D eigenvalue weighted by atomic mass is 32.2. The van der Waals surface area contributed by atoms with Crippen LogP contribution in [0, 0.1) is 5.82 Å². The Balaban J connectivity index is 1.63. The van der Waals surface area contributed by atoms with Crippen LogP contribution in [0.2, 0.25) is 0 Å². The van der Waals surface area contributed by atoms with Crippen LogP contribution in [-0.4, -0.2) is 25.8 Å². The van der Waals surface area contributed by atoms with Gasteiger partial charge in [-0.2, -0.15) is 0 Å². The lowest BCUT2D eigenvalue weighted by Gasteiger charge is -2.12. The number of aromatic nitrogens is 3. The van der Waals surface area contributed by atoms with E-state index in [0.29, 0.717) is 23.1 Å². The highest BCUT2D eigenvalue weighted by Crippen LogP contribution is 2.29. The van der Waals surface area contributed by atoms with Gasteiger partial charge in [-0.05, 0) is 43.3 Å². The standard InChI is InChI=1S/C22H18FN3O2S/c1-15(20(27)16-9-11-18(23)12-10-16)29-22-25-24-21(17-6-3-2-4-7-17)26(22)14-19-8-5-13-28-19/h2-13,15H,14H2,1H3/t15-/m1/s1. The van der Waals surface area contributed by atoms with Crippen LogP contribution in [0.15, 0.2) is 82.6 Å². The molecule has 0 N–H and O–H groups in total. The van der Waals surface area contributed by atoms with Crippen LogP contribution in [0.4, 0.5) is 4.39 Å². The fourth-order valence-electron chi connectivity index (χ4n) is 2.94. The van der Waals surface area contributed by atoms with Crippen molar-refractivity contribution < 1.29 is 13.6 Å². The van der Waals surface area contributed by atoms with Crippen molar-refractivity contribution in [3.8, 4) is 11.4 Å². The summed E-state index contributed by atoms with van der Waals surface area (Å²) in [7, 11) is 0. The van der Waals surface area contributed by atoms with Crippen molar-refractivity contribution in [2.45, 2.75) is 23.9 Å². The van der Waals surface area contributed by atoms with Crippen molar-refractivity contribution in [3.05, 3.63) is 90.1 Å². The molecule has 0 bridgehead atoms. The molecule has 5 nitrogen and oxygen atoms in total. The average Bonchev–Trinajstić information content (AvgIpc) is 3.39. The summed E-state index contributed by atoms with van der Waals surface area (Å²) in [5.74, 6) is 1.00. The van der Waals surface area contributed by atoms with Crippen molar-refractivity contribution in [1.29, 1.82) is 0 Å².